The van der Waals surface area contributed by atoms with Gasteiger partial charge in [0, 0.05) is 23.4 Å². The fourth-order valence-corrected chi connectivity index (χ4v) is 2.52. The Balaban J connectivity index is 1.84. The van der Waals surface area contributed by atoms with E-state index in [0.717, 1.165) is 28.4 Å². The predicted octanol–water partition coefficient (Wildman–Crippen LogP) is 3.11. The molecule has 0 aliphatic heterocycles. The largest absolute Gasteiger partial charge is 0.398 e. The molecule has 20 heavy (non-hydrogen) atoms. The van der Waals surface area contributed by atoms with Gasteiger partial charge in [0.2, 0.25) is 0 Å². The average Bonchev–Trinajstić information content (AvgIpc) is 2.87. The Hall–Kier alpha value is -1.56. The van der Waals surface area contributed by atoms with Crippen molar-refractivity contribution in [1.29, 1.82) is 0 Å². The SMILES string of the molecule is COCCOCc1cccc(NCc2sccc2N)c1. The summed E-state index contributed by atoms with van der Waals surface area (Å²) in [7, 11) is 1.67. The molecule has 108 valence electrons. The van der Waals surface area contributed by atoms with Gasteiger partial charge in [0.15, 0.2) is 0 Å². The number of benzene rings is 1. The standard InChI is InChI=1S/C15H20N2O2S/c1-18-6-7-19-11-12-3-2-4-13(9-12)17-10-15-14(16)5-8-20-15/h2-5,8-9,17H,6-7,10-11,16H2,1H3. The molecular weight excluding hydrogens is 272 g/mol. The minimum Gasteiger partial charge on any atom is -0.398 e. The van der Waals surface area contributed by atoms with Crippen molar-refractivity contribution in [2.75, 3.05) is 31.4 Å². The van der Waals surface area contributed by atoms with E-state index < -0.39 is 0 Å². The highest BCUT2D eigenvalue weighted by atomic mass is 32.1. The summed E-state index contributed by atoms with van der Waals surface area (Å²) in [6.45, 7) is 2.58. The van der Waals surface area contributed by atoms with Crippen LogP contribution in [0.5, 0.6) is 0 Å². The lowest BCUT2D eigenvalue weighted by Gasteiger charge is -2.09. The number of ether oxygens (including phenoxy) is 2. The number of nitrogens with two attached hydrogens (primary N) is 1. The molecule has 1 aromatic carbocycles. The smallest absolute Gasteiger partial charge is 0.0718 e. The minimum absolute atomic E-state index is 0.597. The van der Waals surface area contributed by atoms with Crippen molar-refractivity contribution in [3.8, 4) is 0 Å². The Morgan fingerprint density at radius 2 is 2.15 bits per heavy atom. The van der Waals surface area contributed by atoms with Crippen LogP contribution in [-0.4, -0.2) is 20.3 Å². The second kappa shape index (κ2) is 7.89. The Morgan fingerprint density at radius 3 is 2.90 bits per heavy atom. The van der Waals surface area contributed by atoms with Gasteiger partial charge in [0.1, 0.15) is 0 Å². The van der Waals surface area contributed by atoms with E-state index in [1.807, 2.05) is 23.6 Å². The van der Waals surface area contributed by atoms with Gasteiger partial charge in [0.25, 0.3) is 0 Å². The van der Waals surface area contributed by atoms with Crippen LogP contribution in [0, 0.1) is 0 Å². The second-order valence-corrected chi connectivity index (χ2v) is 5.40. The molecule has 0 fully saturated rings. The van der Waals surface area contributed by atoms with Crippen molar-refractivity contribution >= 4 is 22.7 Å². The molecular formula is C15H20N2O2S. The molecule has 5 heteroatoms. The average molecular weight is 292 g/mol. The molecule has 1 aromatic heterocycles. The molecule has 0 amide bonds. The minimum atomic E-state index is 0.597. The number of rotatable bonds is 8. The first kappa shape index (κ1) is 14.8. The summed E-state index contributed by atoms with van der Waals surface area (Å²) in [6, 6.07) is 10.1. The van der Waals surface area contributed by atoms with Crippen LogP contribution in [0.15, 0.2) is 35.7 Å². The van der Waals surface area contributed by atoms with Crippen molar-refractivity contribution in [1.82, 2.24) is 0 Å². The van der Waals surface area contributed by atoms with E-state index >= 15 is 0 Å². The molecule has 2 rings (SSSR count). The number of anilines is 2. The van der Waals surface area contributed by atoms with Gasteiger partial charge >= 0.3 is 0 Å². The van der Waals surface area contributed by atoms with E-state index in [1.165, 1.54) is 0 Å². The van der Waals surface area contributed by atoms with Gasteiger partial charge < -0.3 is 20.5 Å². The zero-order chi connectivity index (χ0) is 14.2. The molecule has 0 saturated heterocycles. The van der Waals surface area contributed by atoms with Gasteiger partial charge in [-0.15, -0.1) is 11.3 Å². The monoisotopic (exact) mass is 292 g/mol. The molecule has 0 spiro atoms. The van der Waals surface area contributed by atoms with Gasteiger partial charge in [0.05, 0.1) is 26.4 Å². The molecule has 1 heterocycles. The maximum atomic E-state index is 5.87. The molecule has 4 nitrogen and oxygen atoms in total. The number of methoxy groups -OCH3 is 1. The highest BCUT2D eigenvalue weighted by Crippen LogP contribution is 2.20. The molecule has 0 unspecified atom stereocenters. The van der Waals surface area contributed by atoms with Crippen molar-refractivity contribution in [2.24, 2.45) is 0 Å². The zero-order valence-electron chi connectivity index (χ0n) is 11.6. The number of hydrogen-bond donors (Lipinski definition) is 2. The number of thiophene rings is 1. The van der Waals surface area contributed by atoms with Gasteiger partial charge in [-0.05, 0) is 29.1 Å². The lowest BCUT2D eigenvalue weighted by atomic mass is 10.2. The van der Waals surface area contributed by atoms with Crippen LogP contribution >= 0.6 is 11.3 Å². The lowest BCUT2D eigenvalue weighted by molar-refractivity contribution is 0.0617. The molecule has 2 aromatic rings. The normalized spacial score (nSPS) is 10.7. The van der Waals surface area contributed by atoms with Crippen LogP contribution in [0.2, 0.25) is 0 Å². The number of nitrogens with one attached hydrogen (secondary N) is 1. The molecule has 0 atom stereocenters. The van der Waals surface area contributed by atoms with Gasteiger partial charge in [-0.2, -0.15) is 0 Å². The number of nitrogen functional groups attached to an aromatic ring is 1. The van der Waals surface area contributed by atoms with E-state index in [0.29, 0.717) is 19.8 Å². The summed E-state index contributed by atoms with van der Waals surface area (Å²) in [4.78, 5) is 1.16. The fourth-order valence-electron chi connectivity index (χ4n) is 1.78. The summed E-state index contributed by atoms with van der Waals surface area (Å²) in [6.07, 6.45) is 0. The van der Waals surface area contributed by atoms with E-state index in [-0.39, 0.29) is 0 Å². The lowest BCUT2D eigenvalue weighted by Crippen LogP contribution is -2.03. The van der Waals surface area contributed by atoms with Crippen molar-refractivity contribution < 1.29 is 9.47 Å². The number of hydrogen-bond acceptors (Lipinski definition) is 5. The summed E-state index contributed by atoms with van der Waals surface area (Å²) in [5.41, 5.74) is 8.93. The van der Waals surface area contributed by atoms with E-state index in [2.05, 4.69) is 17.4 Å². The third-order valence-electron chi connectivity index (χ3n) is 2.86. The quantitative estimate of drug-likeness (QED) is 0.734. The van der Waals surface area contributed by atoms with E-state index in [1.54, 1.807) is 18.4 Å². The van der Waals surface area contributed by atoms with Crippen molar-refractivity contribution in [2.45, 2.75) is 13.2 Å². The first-order valence-corrected chi connectivity index (χ1v) is 7.39. The maximum absolute atomic E-state index is 5.87. The topological polar surface area (TPSA) is 56.5 Å². The third-order valence-corrected chi connectivity index (χ3v) is 3.80. The van der Waals surface area contributed by atoms with Crippen molar-refractivity contribution in [3.63, 3.8) is 0 Å². The second-order valence-electron chi connectivity index (χ2n) is 4.40. The molecule has 0 saturated carbocycles. The van der Waals surface area contributed by atoms with Crippen molar-refractivity contribution in [3.05, 3.63) is 46.2 Å². The van der Waals surface area contributed by atoms with Crippen LogP contribution in [0.4, 0.5) is 11.4 Å². The summed E-state index contributed by atoms with van der Waals surface area (Å²) < 4.78 is 10.5. The van der Waals surface area contributed by atoms with E-state index in [4.69, 9.17) is 15.2 Å². The van der Waals surface area contributed by atoms with Gasteiger partial charge in [-0.1, -0.05) is 12.1 Å². The van der Waals surface area contributed by atoms with E-state index in [9.17, 15) is 0 Å². The molecule has 0 radical (unpaired) electrons. The summed E-state index contributed by atoms with van der Waals surface area (Å²) in [5.74, 6) is 0. The van der Waals surface area contributed by atoms with Gasteiger partial charge in [-0.3, -0.25) is 0 Å². The van der Waals surface area contributed by atoms with Crippen LogP contribution in [-0.2, 0) is 22.6 Å². The Morgan fingerprint density at radius 1 is 1.25 bits per heavy atom. The Kier molecular flexibility index (Phi) is 5.86. The summed E-state index contributed by atoms with van der Waals surface area (Å²) >= 11 is 1.67. The molecule has 0 aliphatic rings. The first-order chi connectivity index (χ1) is 9.79. The third kappa shape index (κ3) is 4.52. The summed E-state index contributed by atoms with van der Waals surface area (Å²) in [5, 5.41) is 5.39. The zero-order valence-corrected chi connectivity index (χ0v) is 12.4. The Labute approximate surface area is 123 Å². The highest BCUT2D eigenvalue weighted by molar-refractivity contribution is 7.10. The molecule has 0 aliphatic carbocycles. The highest BCUT2D eigenvalue weighted by Gasteiger charge is 2.01. The van der Waals surface area contributed by atoms with Crippen LogP contribution < -0.4 is 11.1 Å². The molecule has 3 N–H and O–H groups in total. The Bertz CT molecular complexity index is 528. The molecule has 0 bridgehead atoms. The van der Waals surface area contributed by atoms with Crippen LogP contribution in [0.1, 0.15) is 10.4 Å². The van der Waals surface area contributed by atoms with Gasteiger partial charge in [-0.25, -0.2) is 0 Å². The van der Waals surface area contributed by atoms with Crippen LogP contribution in [0.25, 0.3) is 0 Å². The fraction of sp³-hybridized carbons (Fsp3) is 0.333. The first-order valence-electron chi connectivity index (χ1n) is 6.51. The maximum Gasteiger partial charge on any atom is 0.0718 e. The predicted molar refractivity (Wildman–Crippen MR) is 84.0 cm³/mol. The van der Waals surface area contributed by atoms with Crippen LogP contribution in [0.3, 0.4) is 0 Å².